The van der Waals surface area contributed by atoms with E-state index in [1.165, 1.54) is 13.8 Å². The molecule has 0 radical (unpaired) electrons. The van der Waals surface area contributed by atoms with Gasteiger partial charge in [-0.2, -0.15) is 0 Å². The summed E-state index contributed by atoms with van der Waals surface area (Å²) in [5, 5.41) is 17.1. The van der Waals surface area contributed by atoms with Crippen molar-refractivity contribution in [2.24, 2.45) is 0 Å². The molecule has 0 aliphatic carbocycles. The third-order valence-electron chi connectivity index (χ3n) is 3.58. The molecule has 0 aromatic heterocycles. The number of esters is 3. The summed E-state index contributed by atoms with van der Waals surface area (Å²) in [4.78, 5) is 43.1. The van der Waals surface area contributed by atoms with Crippen molar-refractivity contribution in [3.8, 4) is 0 Å². The molecule has 0 bridgehead atoms. The zero-order chi connectivity index (χ0) is 23.2. The molecule has 0 amide bonds. The minimum atomic E-state index is -1.75. The fraction of sp³-hybridized carbons (Fsp3) is 0.273. The van der Waals surface area contributed by atoms with E-state index in [1.54, 1.807) is 24.3 Å². The molecule has 9 heteroatoms. The van der Waals surface area contributed by atoms with E-state index in [0.29, 0.717) is 0 Å². The molecule has 0 saturated heterocycles. The summed E-state index contributed by atoms with van der Waals surface area (Å²) in [6, 6.07) is 18.3. The van der Waals surface area contributed by atoms with Crippen molar-refractivity contribution in [1.82, 2.24) is 0 Å². The maximum Gasteiger partial charge on any atom is 0.418 e. The van der Waals surface area contributed by atoms with Crippen LogP contribution in [0.4, 0.5) is 0 Å². The van der Waals surface area contributed by atoms with Crippen LogP contribution in [-0.4, -0.2) is 46.3 Å². The van der Waals surface area contributed by atoms with Crippen LogP contribution in [0.25, 0.3) is 0 Å². The highest BCUT2D eigenvalue weighted by atomic mass is 16.6. The molecule has 2 atom stereocenters. The molecule has 0 aliphatic heterocycles. The Morgan fingerprint density at radius 3 is 1.58 bits per heavy atom. The lowest BCUT2D eigenvalue weighted by Gasteiger charge is -2.11. The van der Waals surface area contributed by atoms with Gasteiger partial charge in [-0.15, -0.1) is 0 Å². The second kappa shape index (κ2) is 13.5. The Morgan fingerprint density at radius 2 is 1.19 bits per heavy atom. The molecule has 0 aliphatic rings. The van der Waals surface area contributed by atoms with Crippen LogP contribution in [-0.2, 0) is 46.6 Å². The first-order chi connectivity index (χ1) is 14.7. The topological polar surface area (TPSA) is 136 Å². The number of carbonyl (C=O) groups excluding carboxylic acids is 3. The molecule has 31 heavy (non-hydrogen) atoms. The number of aliphatic carboxylic acids is 1. The van der Waals surface area contributed by atoms with Crippen LogP contribution in [0, 0.1) is 0 Å². The predicted octanol–water partition coefficient (Wildman–Crippen LogP) is 1.86. The van der Waals surface area contributed by atoms with Crippen LogP contribution in [0.5, 0.6) is 0 Å². The van der Waals surface area contributed by atoms with Gasteiger partial charge in [0.05, 0.1) is 0 Å². The smallest absolute Gasteiger partial charge is 0.418 e. The number of aliphatic hydroxyl groups is 1. The molecule has 2 aromatic carbocycles. The fourth-order valence-corrected chi connectivity index (χ4v) is 1.95. The van der Waals surface area contributed by atoms with Crippen LogP contribution in [0.3, 0.4) is 0 Å². The van der Waals surface area contributed by atoms with Gasteiger partial charge in [0.25, 0.3) is 0 Å². The van der Waals surface area contributed by atoms with Crippen molar-refractivity contribution < 1.29 is 43.6 Å². The van der Waals surface area contributed by atoms with Crippen molar-refractivity contribution in [1.29, 1.82) is 0 Å². The maximum absolute atomic E-state index is 11.4. The van der Waals surface area contributed by atoms with Gasteiger partial charge in [0, 0.05) is 0 Å². The van der Waals surface area contributed by atoms with Crippen LogP contribution in [0.15, 0.2) is 60.7 Å². The van der Waals surface area contributed by atoms with Crippen molar-refractivity contribution in [2.45, 2.75) is 39.3 Å². The zero-order valence-corrected chi connectivity index (χ0v) is 17.1. The van der Waals surface area contributed by atoms with Crippen molar-refractivity contribution in [2.75, 3.05) is 0 Å². The molecule has 0 spiro atoms. The number of carboxylic acid groups (broad SMARTS) is 1. The van der Waals surface area contributed by atoms with E-state index in [4.69, 9.17) is 19.7 Å². The van der Waals surface area contributed by atoms with E-state index in [2.05, 4.69) is 4.74 Å². The van der Waals surface area contributed by atoms with Crippen LogP contribution in [0.2, 0.25) is 0 Å². The molecule has 166 valence electrons. The maximum atomic E-state index is 11.4. The van der Waals surface area contributed by atoms with Gasteiger partial charge < -0.3 is 24.4 Å². The minimum Gasteiger partial charge on any atom is -0.473 e. The Balaban J connectivity index is 0.000000327. The van der Waals surface area contributed by atoms with Crippen molar-refractivity contribution >= 4 is 23.9 Å². The molecular weight excluding hydrogens is 408 g/mol. The average molecular weight is 432 g/mol. The van der Waals surface area contributed by atoms with E-state index >= 15 is 0 Å². The number of carbonyl (C=O) groups is 4. The van der Waals surface area contributed by atoms with Gasteiger partial charge >= 0.3 is 23.9 Å². The highest BCUT2D eigenvalue weighted by Crippen LogP contribution is 2.04. The first kappa shape index (κ1) is 25.3. The van der Waals surface area contributed by atoms with Crippen LogP contribution >= 0.6 is 0 Å². The highest BCUT2D eigenvalue weighted by molar-refractivity contribution is 6.28. The number of hydrogen-bond donors (Lipinski definition) is 2. The number of hydrogen-bond acceptors (Lipinski definition) is 8. The fourth-order valence-electron chi connectivity index (χ4n) is 1.95. The van der Waals surface area contributed by atoms with E-state index in [9.17, 15) is 19.2 Å². The third-order valence-corrected chi connectivity index (χ3v) is 3.58. The highest BCUT2D eigenvalue weighted by Gasteiger charge is 2.23. The lowest BCUT2D eigenvalue weighted by atomic mass is 10.2. The zero-order valence-electron chi connectivity index (χ0n) is 17.1. The summed E-state index contributed by atoms with van der Waals surface area (Å²) in [5.41, 5.74) is 1.69. The van der Waals surface area contributed by atoms with Gasteiger partial charge in [-0.05, 0) is 25.0 Å². The molecule has 0 unspecified atom stereocenters. The van der Waals surface area contributed by atoms with Gasteiger partial charge in [0.1, 0.15) is 19.3 Å². The number of carboxylic acids is 1. The number of ether oxygens (including phenoxy) is 3. The lowest BCUT2D eigenvalue weighted by molar-refractivity contribution is -0.174. The van der Waals surface area contributed by atoms with Crippen molar-refractivity contribution in [3.63, 3.8) is 0 Å². The number of benzene rings is 2. The van der Waals surface area contributed by atoms with Gasteiger partial charge in [0.2, 0.25) is 0 Å². The van der Waals surface area contributed by atoms with Crippen LogP contribution < -0.4 is 0 Å². The normalized spacial score (nSPS) is 11.7. The lowest BCUT2D eigenvalue weighted by Crippen LogP contribution is -2.29. The molecule has 0 saturated carbocycles. The average Bonchev–Trinajstić information content (AvgIpc) is 2.77. The quantitative estimate of drug-likeness (QED) is 0.381. The molecular formula is C22H24O9. The Kier molecular flexibility index (Phi) is 11.0. The number of aliphatic hydroxyl groups excluding tert-OH is 1. The van der Waals surface area contributed by atoms with E-state index in [-0.39, 0.29) is 13.2 Å². The molecule has 0 heterocycles. The SMILES string of the molecule is C[C@H](O)C(=O)OCc1ccccc1.C[C@H](OC(=O)C(=O)O)C(=O)OCc1ccccc1. The summed E-state index contributed by atoms with van der Waals surface area (Å²) >= 11 is 0. The minimum absolute atomic E-state index is 0.0363. The molecule has 0 fully saturated rings. The van der Waals surface area contributed by atoms with E-state index < -0.39 is 36.1 Å². The third kappa shape index (κ3) is 10.6. The van der Waals surface area contributed by atoms with Gasteiger partial charge in [-0.1, -0.05) is 60.7 Å². The van der Waals surface area contributed by atoms with Gasteiger partial charge in [-0.25, -0.2) is 19.2 Å². The van der Waals surface area contributed by atoms with E-state index in [1.807, 2.05) is 36.4 Å². The first-order valence-corrected chi connectivity index (χ1v) is 9.23. The molecule has 9 nitrogen and oxygen atoms in total. The van der Waals surface area contributed by atoms with E-state index in [0.717, 1.165) is 11.1 Å². The summed E-state index contributed by atoms with van der Waals surface area (Å²) < 4.78 is 14.0. The molecule has 2 aromatic rings. The van der Waals surface area contributed by atoms with Crippen LogP contribution in [0.1, 0.15) is 25.0 Å². The Labute approximate surface area is 179 Å². The molecule has 2 rings (SSSR count). The van der Waals surface area contributed by atoms with Gasteiger partial charge in [-0.3, -0.25) is 0 Å². The van der Waals surface area contributed by atoms with Crippen molar-refractivity contribution in [3.05, 3.63) is 71.8 Å². The Morgan fingerprint density at radius 1 is 0.774 bits per heavy atom. The first-order valence-electron chi connectivity index (χ1n) is 9.23. The second-order valence-electron chi connectivity index (χ2n) is 6.22. The van der Waals surface area contributed by atoms with Gasteiger partial charge in [0.15, 0.2) is 6.10 Å². The summed E-state index contributed by atoms with van der Waals surface area (Å²) in [7, 11) is 0. The summed E-state index contributed by atoms with van der Waals surface area (Å²) in [5.74, 6) is -4.63. The monoisotopic (exact) mass is 432 g/mol. The molecule has 2 N–H and O–H groups in total. The Bertz CT molecular complexity index is 848. The Hall–Kier alpha value is -3.72. The summed E-state index contributed by atoms with van der Waals surface area (Å²) in [6.07, 6.45) is -2.30. The summed E-state index contributed by atoms with van der Waals surface area (Å²) in [6.45, 7) is 2.88. The predicted molar refractivity (Wildman–Crippen MR) is 107 cm³/mol. The largest absolute Gasteiger partial charge is 0.473 e. The number of rotatable bonds is 7. The second-order valence-corrected chi connectivity index (χ2v) is 6.22. The standard InChI is InChI=1S/C12H12O6.C10H12O3/c1-8(18-12(16)10(13)14)11(15)17-7-9-5-3-2-4-6-9;1-8(11)10(12)13-7-9-5-3-2-4-6-9/h2-6,8H,7H2,1H3,(H,13,14);2-6,8,11H,7H2,1H3/t2*8-/m00/s1.